The zero-order chi connectivity index (χ0) is 27.2. The van der Waals surface area contributed by atoms with Crippen molar-refractivity contribution in [3.63, 3.8) is 0 Å². The van der Waals surface area contributed by atoms with Gasteiger partial charge in [-0.2, -0.15) is 0 Å². The lowest BCUT2D eigenvalue weighted by Gasteiger charge is -2.40. The van der Waals surface area contributed by atoms with Gasteiger partial charge in [0.15, 0.2) is 0 Å². The second-order valence-electron chi connectivity index (χ2n) is 10.7. The zero-order valence-electron chi connectivity index (χ0n) is 23.0. The predicted molar refractivity (Wildman–Crippen MR) is 155 cm³/mol. The molecular formula is C32H40N4O2. The smallest absolute Gasteiger partial charge is 0.254 e. The van der Waals surface area contributed by atoms with Crippen LogP contribution in [0.15, 0.2) is 78.9 Å². The SMILES string of the molecule is CC(C)N(C(=O)c1ccc(N(c2cccc(C(N)=O)c2)C2CCN(Cc3ccccc3)CC2)cc1)C(C)C. The van der Waals surface area contributed by atoms with Crippen molar-refractivity contribution in [1.29, 1.82) is 0 Å². The molecule has 6 nitrogen and oxygen atoms in total. The van der Waals surface area contributed by atoms with Crippen molar-refractivity contribution in [3.05, 3.63) is 95.6 Å². The van der Waals surface area contributed by atoms with Gasteiger partial charge >= 0.3 is 0 Å². The third kappa shape index (κ3) is 6.43. The highest BCUT2D eigenvalue weighted by Gasteiger charge is 2.27. The van der Waals surface area contributed by atoms with Gasteiger partial charge in [-0.1, -0.05) is 36.4 Å². The molecular weight excluding hydrogens is 472 g/mol. The van der Waals surface area contributed by atoms with Crippen molar-refractivity contribution in [2.45, 2.75) is 65.2 Å². The number of nitrogens with two attached hydrogens (primary N) is 1. The summed E-state index contributed by atoms with van der Waals surface area (Å²) in [5, 5.41) is 0. The molecule has 1 saturated heterocycles. The van der Waals surface area contributed by atoms with Gasteiger partial charge in [-0.15, -0.1) is 0 Å². The second-order valence-corrected chi connectivity index (χ2v) is 10.7. The summed E-state index contributed by atoms with van der Waals surface area (Å²) in [7, 11) is 0. The Morgan fingerprint density at radius 2 is 1.45 bits per heavy atom. The number of hydrogen-bond donors (Lipinski definition) is 1. The van der Waals surface area contributed by atoms with E-state index in [1.807, 2.05) is 75.1 Å². The van der Waals surface area contributed by atoms with Crippen molar-refractivity contribution >= 4 is 23.2 Å². The van der Waals surface area contributed by atoms with E-state index in [1.54, 1.807) is 6.07 Å². The number of rotatable bonds is 9. The minimum Gasteiger partial charge on any atom is -0.366 e. The van der Waals surface area contributed by atoms with Crippen LogP contribution in [0.25, 0.3) is 0 Å². The maximum atomic E-state index is 13.2. The molecule has 0 aliphatic carbocycles. The van der Waals surface area contributed by atoms with E-state index < -0.39 is 5.91 Å². The molecule has 0 bridgehead atoms. The van der Waals surface area contributed by atoms with Crippen LogP contribution in [0.3, 0.4) is 0 Å². The molecule has 6 heteroatoms. The molecule has 200 valence electrons. The number of carbonyl (C=O) groups excluding carboxylic acids is 2. The fraction of sp³-hybridized carbons (Fsp3) is 0.375. The molecule has 1 aliphatic heterocycles. The lowest BCUT2D eigenvalue weighted by molar-refractivity contribution is 0.0643. The summed E-state index contributed by atoms with van der Waals surface area (Å²) in [6, 6.07) is 26.5. The van der Waals surface area contributed by atoms with Gasteiger partial charge in [0.1, 0.15) is 0 Å². The maximum Gasteiger partial charge on any atom is 0.254 e. The van der Waals surface area contributed by atoms with Gasteiger partial charge in [-0.05, 0) is 88.6 Å². The van der Waals surface area contributed by atoms with Crippen LogP contribution in [0, 0.1) is 0 Å². The summed E-state index contributed by atoms with van der Waals surface area (Å²) in [5.41, 5.74) is 10.1. The van der Waals surface area contributed by atoms with E-state index in [0.29, 0.717) is 11.1 Å². The van der Waals surface area contributed by atoms with Crippen LogP contribution in [-0.2, 0) is 6.54 Å². The molecule has 0 spiro atoms. The zero-order valence-corrected chi connectivity index (χ0v) is 23.0. The standard InChI is InChI=1S/C32H40N4O2/c1-23(2)35(24(3)4)32(38)26-13-15-28(16-14-26)36(30-12-8-11-27(21-30)31(33)37)29-17-19-34(20-18-29)22-25-9-6-5-7-10-25/h5-16,21,23-24,29H,17-20,22H2,1-4H3,(H2,33,37). The van der Waals surface area contributed by atoms with Crippen LogP contribution in [0.1, 0.15) is 66.8 Å². The van der Waals surface area contributed by atoms with Crippen LogP contribution < -0.4 is 10.6 Å². The third-order valence-corrected chi connectivity index (χ3v) is 7.32. The van der Waals surface area contributed by atoms with Crippen molar-refractivity contribution in [2.24, 2.45) is 5.73 Å². The van der Waals surface area contributed by atoms with E-state index in [-0.39, 0.29) is 24.0 Å². The molecule has 1 aliphatic rings. The first-order valence-corrected chi connectivity index (χ1v) is 13.6. The molecule has 1 heterocycles. The Kier molecular flexibility index (Phi) is 8.85. The quantitative estimate of drug-likeness (QED) is 0.391. The number of carbonyl (C=O) groups is 2. The van der Waals surface area contributed by atoms with Gasteiger partial charge < -0.3 is 15.5 Å². The van der Waals surface area contributed by atoms with E-state index in [0.717, 1.165) is 43.9 Å². The van der Waals surface area contributed by atoms with Crippen LogP contribution >= 0.6 is 0 Å². The Balaban J connectivity index is 1.59. The summed E-state index contributed by atoms with van der Waals surface area (Å²) in [4.78, 5) is 31.9. The Hall–Kier alpha value is -3.64. The Bertz CT molecular complexity index is 1210. The molecule has 0 radical (unpaired) electrons. The maximum absolute atomic E-state index is 13.2. The van der Waals surface area contributed by atoms with Gasteiger partial charge in [-0.25, -0.2) is 0 Å². The largest absolute Gasteiger partial charge is 0.366 e. The van der Waals surface area contributed by atoms with E-state index in [1.165, 1.54) is 5.56 Å². The van der Waals surface area contributed by atoms with Crippen molar-refractivity contribution in [2.75, 3.05) is 18.0 Å². The molecule has 38 heavy (non-hydrogen) atoms. The number of piperidine rings is 1. The minimum absolute atomic E-state index is 0.0399. The monoisotopic (exact) mass is 512 g/mol. The minimum atomic E-state index is -0.437. The van der Waals surface area contributed by atoms with Crippen LogP contribution in [0.5, 0.6) is 0 Å². The van der Waals surface area contributed by atoms with E-state index in [2.05, 4.69) is 40.1 Å². The summed E-state index contributed by atoms with van der Waals surface area (Å²) in [6.07, 6.45) is 1.98. The van der Waals surface area contributed by atoms with Crippen LogP contribution in [-0.4, -0.2) is 52.8 Å². The fourth-order valence-electron chi connectivity index (χ4n) is 5.54. The Labute approximate surface area is 227 Å². The average Bonchev–Trinajstić information content (AvgIpc) is 2.90. The highest BCUT2D eigenvalue weighted by atomic mass is 16.2. The highest BCUT2D eigenvalue weighted by molar-refractivity contribution is 5.95. The average molecular weight is 513 g/mol. The molecule has 2 N–H and O–H groups in total. The van der Waals surface area contributed by atoms with Gasteiger partial charge in [0.05, 0.1) is 0 Å². The summed E-state index contributed by atoms with van der Waals surface area (Å²) < 4.78 is 0. The molecule has 1 fully saturated rings. The normalized spacial score (nSPS) is 14.6. The van der Waals surface area contributed by atoms with Gasteiger partial charge in [0.2, 0.25) is 5.91 Å². The molecule has 0 aromatic heterocycles. The molecule has 0 unspecified atom stereocenters. The molecule has 4 rings (SSSR count). The van der Waals surface area contributed by atoms with Crippen molar-refractivity contribution in [3.8, 4) is 0 Å². The molecule has 0 atom stereocenters. The molecule has 3 aromatic carbocycles. The first-order chi connectivity index (χ1) is 18.2. The van der Waals surface area contributed by atoms with Gasteiger partial charge in [-0.3, -0.25) is 14.5 Å². The molecule has 2 amide bonds. The number of nitrogens with zero attached hydrogens (tertiary/aromatic N) is 3. The van der Waals surface area contributed by atoms with Crippen LogP contribution in [0.2, 0.25) is 0 Å². The third-order valence-electron chi connectivity index (χ3n) is 7.32. The summed E-state index contributed by atoms with van der Waals surface area (Å²) in [5.74, 6) is -0.397. The topological polar surface area (TPSA) is 69.9 Å². The Morgan fingerprint density at radius 3 is 2.03 bits per heavy atom. The number of likely N-dealkylation sites (tertiary alicyclic amines) is 1. The van der Waals surface area contributed by atoms with Gasteiger partial charge in [0, 0.05) is 60.3 Å². The highest BCUT2D eigenvalue weighted by Crippen LogP contribution is 2.33. The van der Waals surface area contributed by atoms with E-state index >= 15 is 0 Å². The number of hydrogen-bond acceptors (Lipinski definition) is 4. The lowest BCUT2D eigenvalue weighted by Crippen LogP contribution is -2.43. The predicted octanol–water partition coefficient (Wildman–Crippen LogP) is 5.85. The second kappa shape index (κ2) is 12.3. The first-order valence-electron chi connectivity index (χ1n) is 13.6. The molecule has 0 saturated carbocycles. The number of anilines is 2. The van der Waals surface area contributed by atoms with Crippen molar-refractivity contribution < 1.29 is 9.59 Å². The summed E-state index contributed by atoms with van der Waals surface area (Å²) in [6.45, 7) is 11.1. The summed E-state index contributed by atoms with van der Waals surface area (Å²) >= 11 is 0. The lowest BCUT2D eigenvalue weighted by atomic mass is 9.99. The number of primary amides is 1. The molecule has 3 aromatic rings. The van der Waals surface area contributed by atoms with Gasteiger partial charge in [0.25, 0.3) is 5.91 Å². The van der Waals surface area contributed by atoms with Crippen LogP contribution in [0.4, 0.5) is 11.4 Å². The van der Waals surface area contributed by atoms with Crippen molar-refractivity contribution in [1.82, 2.24) is 9.80 Å². The number of amides is 2. The fourth-order valence-corrected chi connectivity index (χ4v) is 5.54. The van der Waals surface area contributed by atoms with E-state index in [9.17, 15) is 9.59 Å². The Morgan fingerprint density at radius 1 is 0.816 bits per heavy atom. The first kappa shape index (κ1) is 27.4. The van der Waals surface area contributed by atoms with E-state index in [4.69, 9.17) is 5.73 Å². The number of benzene rings is 3.